The number of nitrogens with zero attached hydrogens (tertiary/aromatic N) is 4. The fourth-order valence-corrected chi connectivity index (χ4v) is 3.63. The number of amides is 2. The number of hydrogen-bond acceptors (Lipinski definition) is 5. The lowest BCUT2D eigenvalue weighted by atomic mass is 10.1. The van der Waals surface area contributed by atoms with Crippen LogP contribution in [0, 0.1) is 0 Å². The number of rotatable bonds is 4. The average molecular weight is 333 g/mol. The minimum absolute atomic E-state index is 0.0499. The van der Waals surface area contributed by atoms with Gasteiger partial charge in [-0.1, -0.05) is 0 Å². The van der Waals surface area contributed by atoms with Crippen LogP contribution < -0.4 is 5.32 Å². The fourth-order valence-electron chi connectivity index (χ4n) is 2.72. The molecule has 3 heterocycles. The van der Waals surface area contributed by atoms with Crippen molar-refractivity contribution < 1.29 is 9.59 Å². The van der Waals surface area contributed by atoms with Gasteiger partial charge < -0.3 is 10.2 Å². The summed E-state index contributed by atoms with van der Waals surface area (Å²) in [4.78, 5) is 31.2. The summed E-state index contributed by atoms with van der Waals surface area (Å²) >= 11 is 1.43. The highest BCUT2D eigenvalue weighted by Gasteiger charge is 2.26. The van der Waals surface area contributed by atoms with Gasteiger partial charge in [-0.15, -0.1) is 11.3 Å². The zero-order valence-corrected chi connectivity index (χ0v) is 13.8. The number of carbonyl (C=O) groups is 2. The number of carbonyl (C=O) groups excluding carboxylic acids is 2. The summed E-state index contributed by atoms with van der Waals surface area (Å²) in [7, 11) is 0. The number of aromatic nitrogens is 3. The van der Waals surface area contributed by atoms with E-state index in [0.29, 0.717) is 18.0 Å². The van der Waals surface area contributed by atoms with Crippen molar-refractivity contribution in [3.05, 3.63) is 34.5 Å². The molecular formula is C15H19N5O2S. The van der Waals surface area contributed by atoms with E-state index in [2.05, 4.69) is 15.4 Å². The van der Waals surface area contributed by atoms with Gasteiger partial charge in [-0.2, -0.15) is 5.10 Å². The Hall–Kier alpha value is -2.22. The van der Waals surface area contributed by atoms with Crippen molar-refractivity contribution in [3.63, 3.8) is 0 Å². The molecule has 0 bridgehead atoms. The quantitative estimate of drug-likeness (QED) is 0.918. The van der Waals surface area contributed by atoms with Crippen molar-refractivity contribution in [3.8, 4) is 0 Å². The van der Waals surface area contributed by atoms with Crippen LogP contribution in [0.15, 0.2) is 24.8 Å². The molecule has 1 fully saturated rings. The van der Waals surface area contributed by atoms with Gasteiger partial charge in [-0.3, -0.25) is 9.59 Å². The van der Waals surface area contributed by atoms with Crippen LogP contribution in [0.25, 0.3) is 0 Å². The smallest absolute Gasteiger partial charge is 0.264 e. The topological polar surface area (TPSA) is 80.1 Å². The fraction of sp³-hybridized carbons (Fsp3) is 0.467. The van der Waals surface area contributed by atoms with E-state index in [1.807, 2.05) is 21.7 Å². The highest BCUT2D eigenvalue weighted by Crippen LogP contribution is 2.24. The second kappa shape index (κ2) is 6.91. The Bertz CT molecular complexity index is 682. The third kappa shape index (κ3) is 3.76. The monoisotopic (exact) mass is 333 g/mol. The summed E-state index contributed by atoms with van der Waals surface area (Å²) in [6.45, 7) is 3.37. The lowest BCUT2D eigenvalue weighted by Gasteiger charge is -2.32. The van der Waals surface area contributed by atoms with Gasteiger partial charge in [0, 0.05) is 24.9 Å². The maximum absolute atomic E-state index is 12.7. The Labute approximate surface area is 138 Å². The van der Waals surface area contributed by atoms with E-state index in [4.69, 9.17) is 0 Å². The molecule has 1 saturated heterocycles. The van der Waals surface area contributed by atoms with E-state index < -0.39 is 0 Å². The number of thiophene rings is 1. The van der Waals surface area contributed by atoms with Gasteiger partial charge >= 0.3 is 0 Å². The van der Waals surface area contributed by atoms with Crippen LogP contribution in [-0.2, 0) is 11.3 Å². The Morgan fingerprint density at radius 3 is 3.04 bits per heavy atom. The Kier molecular flexibility index (Phi) is 4.71. The largest absolute Gasteiger partial charge is 0.351 e. The molecule has 0 aliphatic carbocycles. The first kappa shape index (κ1) is 15.7. The van der Waals surface area contributed by atoms with Gasteiger partial charge in [0.05, 0.1) is 17.5 Å². The molecule has 122 valence electrons. The van der Waals surface area contributed by atoms with E-state index in [-0.39, 0.29) is 17.9 Å². The molecule has 8 heteroatoms. The molecule has 0 aromatic carbocycles. The third-order valence-corrected chi connectivity index (χ3v) is 4.95. The minimum Gasteiger partial charge on any atom is -0.351 e. The van der Waals surface area contributed by atoms with Crippen LogP contribution in [0.3, 0.4) is 0 Å². The first-order valence-electron chi connectivity index (χ1n) is 7.60. The third-order valence-electron chi connectivity index (χ3n) is 3.88. The predicted octanol–water partition coefficient (Wildman–Crippen LogP) is 1.45. The molecule has 1 aliphatic heterocycles. The number of likely N-dealkylation sites (tertiary alicyclic amines) is 1. The van der Waals surface area contributed by atoms with E-state index >= 15 is 0 Å². The molecule has 2 aromatic rings. The van der Waals surface area contributed by atoms with Gasteiger partial charge in [-0.05, 0) is 25.0 Å². The van der Waals surface area contributed by atoms with Gasteiger partial charge in [0.15, 0.2) is 0 Å². The summed E-state index contributed by atoms with van der Waals surface area (Å²) in [5.41, 5.74) is 0. The highest BCUT2D eigenvalue weighted by atomic mass is 32.1. The van der Waals surface area contributed by atoms with Crippen molar-refractivity contribution in [2.45, 2.75) is 32.4 Å². The Morgan fingerprint density at radius 1 is 1.43 bits per heavy atom. The van der Waals surface area contributed by atoms with Crippen molar-refractivity contribution in [1.29, 1.82) is 0 Å². The second-order valence-corrected chi connectivity index (χ2v) is 6.77. The molecule has 3 rings (SSSR count). The molecule has 1 aliphatic rings. The maximum atomic E-state index is 12.7. The summed E-state index contributed by atoms with van der Waals surface area (Å²) in [5.74, 6) is -0.0214. The zero-order chi connectivity index (χ0) is 16.2. The second-order valence-electron chi connectivity index (χ2n) is 5.60. The SMILES string of the molecule is CC(=O)NCc1ccc(C(=O)N2CCC[C@H](n3cncn3)C2)s1. The van der Waals surface area contributed by atoms with Crippen LogP contribution in [0.2, 0.25) is 0 Å². The molecule has 1 atom stereocenters. The lowest BCUT2D eigenvalue weighted by molar-refractivity contribution is -0.119. The molecule has 1 N–H and O–H groups in total. The van der Waals surface area contributed by atoms with Crippen LogP contribution in [0.4, 0.5) is 0 Å². The summed E-state index contributed by atoms with van der Waals surface area (Å²) in [6.07, 6.45) is 5.19. The zero-order valence-electron chi connectivity index (χ0n) is 12.9. The lowest BCUT2D eigenvalue weighted by Crippen LogP contribution is -2.40. The first-order valence-corrected chi connectivity index (χ1v) is 8.41. The molecular weight excluding hydrogens is 314 g/mol. The molecule has 0 radical (unpaired) electrons. The van der Waals surface area contributed by atoms with Crippen molar-refractivity contribution in [2.75, 3.05) is 13.1 Å². The summed E-state index contributed by atoms with van der Waals surface area (Å²) < 4.78 is 1.83. The van der Waals surface area contributed by atoms with Crippen molar-refractivity contribution in [1.82, 2.24) is 25.0 Å². The van der Waals surface area contributed by atoms with Crippen molar-refractivity contribution >= 4 is 23.2 Å². The van der Waals surface area contributed by atoms with Crippen LogP contribution >= 0.6 is 11.3 Å². The maximum Gasteiger partial charge on any atom is 0.264 e. The minimum atomic E-state index is -0.0713. The van der Waals surface area contributed by atoms with E-state index in [1.165, 1.54) is 24.6 Å². The summed E-state index contributed by atoms with van der Waals surface area (Å²) in [5, 5.41) is 6.93. The molecule has 2 aromatic heterocycles. The molecule has 0 spiro atoms. The molecule has 0 unspecified atom stereocenters. The van der Waals surface area contributed by atoms with Gasteiger partial charge in [0.25, 0.3) is 5.91 Å². The van der Waals surface area contributed by atoms with E-state index in [9.17, 15) is 9.59 Å². The van der Waals surface area contributed by atoms with E-state index in [0.717, 1.165) is 24.3 Å². The predicted molar refractivity (Wildman–Crippen MR) is 86.0 cm³/mol. The molecule has 0 saturated carbocycles. The van der Waals surface area contributed by atoms with Gasteiger partial charge in [0.2, 0.25) is 5.91 Å². The number of piperidine rings is 1. The number of nitrogens with one attached hydrogen (secondary N) is 1. The van der Waals surface area contributed by atoms with Gasteiger partial charge in [0.1, 0.15) is 12.7 Å². The average Bonchev–Trinajstić information content (AvgIpc) is 3.24. The number of hydrogen-bond donors (Lipinski definition) is 1. The molecule has 7 nitrogen and oxygen atoms in total. The highest BCUT2D eigenvalue weighted by molar-refractivity contribution is 7.14. The van der Waals surface area contributed by atoms with Crippen molar-refractivity contribution in [2.24, 2.45) is 0 Å². The molecule has 2 amide bonds. The van der Waals surface area contributed by atoms with Gasteiger partial charge in [-0.25, -0.2) is 9.67 Å². The van der Waals surface area contributed by atoms with Crippen LogP contribution in [0.1, 0.15) is 40.4 Å². The standard InChI is InChI=1S/C15H19N5O2S/c1-11(21)17-7-13-4-5-14(23-13)15(22)19-6-2-3-12(8-19)20-10-16-9-18-20/h4-5,9-10,12H,2-3,6-8H2,1H3,(H,17,21)/t12-/m0/s1. The van der Waals surface area contributed by atoms with Crippen LogP contribution in [0.5, 0.6) is 0 Å². The van der Waals surface area contributed by atoms with E-state index in [1.54, 1.807) is 6.33 Å². The van der Waals surface area contributed by atoms with Crippen LogP contribution in [-0.4, -0.2) is 44.6 Å². The molecule has 23 heavy (non-hydrogen) atoms. The Morgan fingerprint density at radius 2 is 2.30 bits per heavy atom. The summed E-state index contributed by atoms with van der Waals surface area (Å²) in [6, 6.07) is 3.92. The normalized spacial score (nSPS) is 18.0. The Balaban J connectivity index is 1.64. The first-order chi connectivity index (χ1) is 11.1.